The molecule has 0 spiro atoms. The Morgan fingerprint density at radius 2 is 1.72 bits per heavy atom. The van der Waals surface area contributed by atoms with Crippen LogP contribution >= 0.6 is 0 Å². The Hall–Kier alpha value is -5.05. The normalized spacial score (nSPS) is 13.9. The number of piperazine rings is 1. The molecule has 1 N–H and O–H groups in total. The van der Waals surface area contributed by atoms with Crippen molar-refractivity contribution >= 4 is 44.3 Å². The van der Waals surface area contributed by atoms with Crippen molar-refractivity contribution < 1.29 is 31.5 Å². The Balaban J connectivity index is 1.45. The number of allylic oxidation sites excluding steroid dienone is 1. The zero-order valence-corrected chi connectivity index (χ0v) is 23.8. The molecule has 3 aromatic heterocycles. The van der Waals surface area contributed by atoms with Crippen LogP contribution in [0.5, 0.6) is 5.88 Å². The fraction of sp³-hybridized carbons (Fsp3) is 0.214. The molecule has 222 valence electrons. The second-order valence-corrected chi connectivity index (χ2v) is 11.1. The standard InChI is InChI=1S/C28H25F2N7O5S/c1-17(38)6-9-24(39)36-10-12-37(13-11-36)27-25-22(32-16-33-27)8-7-21(34-25)18-14-23(28(42-2)31-15-18)35-43(40,41)26-19(29)4-3-5-20(26)30/h3-9,14-16,35H,10-13H2,1-2H3/b9-6+. The number of anilines is 2. The number of rotatable bonds is 8. The summed E-state index contributed by atoms with van der Waals surface area (Å²) in [5.41, 5.74) is 1.61. The van der Waals surface area contributed by atoms with Gasteiger partial charge in [0.1, 0.15) is 29.2 Å². The number of benzene rings is 1. The largest absolute Gasteiger partial charge is 0.480 e. The monoisotopic (exact) mass is 609 g/mol. The highest BCUT2D eigenvalue weighted by atomic mass is 32.2. The quantitative estimate of drug-likeness (QED) is 0.296. The highest BCUT2D eigenvalue weighted by molar-refractivity contribution is 7.92. The van der Waals surface area contributed by atoms with Crippen molar-refractivity contribution in [1.82, 2.24) is 24.8 Å². The molecule has 0 aliphatic carbocycles. The molecule has 4 heterocycles. The van der Waals surface area contributed by atoms with Crippen LogP contribution in [-0.2, 0) is 19.6 Å². The van der Waals surface area contributed by atoms with E-state index in [-0.39, 0.29) is 23.3 Å². The van der Waals surface area contributed by atoms with Crippen LogP contribution in [0.15, 0.2) is 66.0 Å². The summed E-state index contributed by atoms with van der Waals surface area (Å²) in [5, 5.41) is 0. The number of nitrogens with zero attached hydrogens (tertiary/aromatic N) is 6. The van der Waals surface area contributed by atoms with E-state index in [2.05, 4.69) is 19.7 Å². The topological polar surface area (TPSA) is 148 Å². The van der Waals surface area contributed by atoms with Gasteiger partial charge in [-0.2, -0.15) is 0 Å². The molecule has 0 saturated carbocycles. The number of halogens is 2. The second kappa shape index (κ2) is 12.1. The summed E-state index contributed by atoms with van der Waals surface area (Å²) >= 11 is 0. The van der Waals surface area contributed by atoms with Gasteiger partial charge in [0.15, 0.2) is 16.5 Å². The van der Waals surface area contributed by atoms with Crippen molar-refractivity contribution in [1.29, 1.82) is 0 Å². The molecule has 0 atom stereocenters. The van der Waals surface area contributed by atoms with Gasteiger partial charge in [-0.3, -0.25) is 14.3 Å². The van der Waals surface area contributed by atoms with Gasteiger partial charge in [0.2, 0.25) is 11.8 Å². The Bertz CT molecular complexity index is 1840. The second-order valence-electron chi connectivity index (χ2n) is 9.45. The first kappa shape index (κ1) is 29.4. The summed E-state index contributed by atoms with van der Waals surface area (Å²) in [5.74, 6) is -2.56. The Kier molecular flexibility index (Phi) is 8.25. The van der Waals surface area contributed by atoms with E-state index < -0.39 is 26.6 Å². The number of hydrogen-bond acceptors (Lipinski definition) is 10. The van der Waals surface area contributed by atoms with Crippen molar-refractivity contribution in [3.05, 3.63) is 72.7 Å². The van der Waals surface area contributed by atoms with E-state index >= 15 is 0 Å². The number of amides is 1. The van der Waals surface area contributed by atoms with Crippen molar-refractivity contribution in [3.8, 4) is 17.1 Å². The Morgan fingerprint density at radius 1 is 1.00 bits per heavy atom. The molecule has 1 amide bonds. The van der Waals surface area contributed by atoms with E-state index in [9.17, 15) is 26.8 Å². The number of methoxy groups -OCH3 is 1. The van der Waals surface area contributed by atoms with Crippen molar-refractivity contribution in [2.24, 2.45) is 0 Å². The van der Waals surface area contributed by atoms with E-state index in [1.807, 2.05) is 4.90 Å². The lowest BCUT2D eigenvalue weighted by atomic mass is 10.1. The third kappa shape index (κ3) is 6.25. The number of carbonyl (C=O) groups excluding carboxylic acids is 2. The molecular weight excluding hydrogens is 584 g/mol. The fourth-order valence-corrected chi connectivity index (χ4v) is 5.70. The number of fused-ring (bicyclic) bond motifs is 1. The van der Waals surface area contributed by atoms with Crippen LogP contribution in [0.1, 0.15) is 6.92 Å². The van der Waals surface area contributed by atoms with Gasteiger partial charge in [0.05, 0.1) is 18.3 Å². The predicted octanol–water partition coefficient (Wildman–Crippen LogP) is 2.97. The molecule has 0 bridgehead atoms. The van der Waals surface area contributed by atoms with Gasteiger partial charge in [-0.05, 0) is 43.3 Å². The molecule has 12 nitrogen and oxygen atoms in total. The third-order valence-electron chi connectivity index (χ3n) is 6.59. The number of carbonyl (C=O) groups is 2. The summed E-state index contributed by atoms with van der Waals surface area (Å²) in [6.45, 7) is 3.10. The van der Waals surface area contributed by atoms with Crippen LogP contribution in [0.4, 0.5) is 20.3 Å². The van der Waals surface area contributed by atoms with Gasteiger partial charge in [-0.25, -0.2) is 37.1 Å². The SMILES string of the molecule is COc1ncc(-c2ccc3ncnc(N4CCN(C(=O)/C=C/C(C)=O)CC4)c3n2)cc1NS(=O)(=O)c1c(F)cccc1F. The van der Waals surface area contributed by atoms with Crippen LogP contribution in [0, 0.1) is 11.6 Å². The smallest absolute Gasteiger partial charge is 0.267 e. The molecule has 15 heteroatoms. The van der Waals surface area contributed by atoms with Crippen LogP contribution in [0.2, 0.25) is 0 Å². The summed E-state index contributed by atoms with van der Waals surface area (Å²) in [7, 11) is -3.42. The minimum Gasteiger partial charge on any atom is -0.480 e. The molecule has 1 aliphatic heterocycles. The van der Waals surface area contributed by atoms with Crippen LogP contribution < -0.4 is 14.4 Å². The number of sulfonamides is 1. The van der Waals surface area contributed by atoms with Crippen LogP contribution in [-0.4, -0.2) is 78.2 Å². The van der Waals surface area contributed by atoms with E-state index in [0.717, 1.165) is 18.2 Å². The van der Waals surface area contributed by atoms with Gasteiger partial charge in [-0.15, -0.1) is 0 Å². The number of hydrogen-bond donors (Lipinski definition) is 1. The number of pyridine rings is 2. The van der Waals surface area contributed by atoms with Gasteiger partial charge < -0.3 is 14.5 Å². The lowest BCUT2D eigenvalue weighted by Crippen LogP contribution is -2.48. The number of nitrogens with one attached hydrogen (secondary N) is 1. The van der Waals surface area contributed by atoms with Gasteiger partial charge >= 0.3 is 0 Å². The predicted molar refractivity (Wildman–Crippen MR) is 153 cm³/mol. The number of aromatic nitrogens is 4. The molecule has 43 heavy (non-hydrogen) atoms. The van der Waals surface area contributed by atoms with Gasteiger partial charge in [-0.1, -0.05) is 6.07 Å². The molecule has 1 aromatic carbocycles. The number of ketones is 1. The van der Waals surface area contributed by atoms with Gasteiger partial charge in [0.25, 0.3) is 10.0 Å². The summed E-state index contributed by atoms with van der Waals surface area (Å²) in [4.78, 5) is 43.6. The fourth-order valence-electron chi connectivity index (χ4n) is 4.52. The summed E-state index contributed by atoms with van der Waals surface area (Å²) < 4.78 is 61.7. The molecule has 0 radical (unpaired) electrons. The molecule has 5 rings (SSSR count). The van der Waals surface area contributed by atoms with E-state index in [1.54, 1.807) is 17.0 Å². The lowest BCUT2D eigenvalue weighted by Gasteiger charge is -2.35. The average molecular weight is 610 g/mol. The first-order valence-electron chi connectivity index (χ1n) is 12.9. The highest BCUT2D eigenvalue weighted by Gasteiger charge is 2.26. The van der Waals surface area contributed by atoms with Crippen molar-refractivity contribution in [3.63, 3.8) is 0 Å². The van der Waals surface area contributed by atoms with E-state index in [0.29, 0.717) is 54.3 Å². The average Bonchev–Trinajstić information content (AvgIpc) is 2.99. The summed E-state index contributed by atoms with van der Waals surface area (Å²) in [6, 6.07) is 7.51. The van der Waals surface area contributed by atoms with Crippen LogP contribution in [0.3, 0.4) is 0 Å². The maximum absolute atomic E-state index is 14.3. The molecule has 1 fully saturated rings. The van der Waals surface area contributed by atoms with E-state index in [4.69, 9.17) is 9.72 Å². The molecule has 0 unspecified atom stereocenters. The highest BCUT2D eigenvalue weighted by Crippen LogP contribution is 2.32. The van der Waals surface area contributed by atoms with Crippen molar-refractivity contribution in [2.75, 3.05) is 42.9 Å². The van der Waals surface area contributed by atoms with Gasteiger partial charge in [0, 0.05) is 44.0 Å². The maximum atomic E-state index is 14.3. The Morgan fingerprint density at radius 3 is 2.40 bits per heavy atom. The van der Waals surface area contributed by atoms with Crippen LogP contribution in [0.25, 0.3) is 22.3 Å². The lowest BCUT2D eigenvalue weighted by molar-refractivity contribution is -0.126. The molecule has 4 aromatic rings. The minimum absolute atomic E-state index is 0.126. The first-order valence-corrected chi connectivity index (χ1v) is 14.4. The third-order valence-corrected chi connectivity index (χ3v) is 8.00. The minimum atomic E-state index is -4.70. The van der Waals surface area contributed by atoms with Crippen molar-refractivity contribution in [2.45, 2.75) is 11.8 Å². The van der Waals surface area contributed by atoms with E-state index in [1.165, 1.54) is 44.8 Å². The Labute approximate surface area is 245 Å². The summed E-state index contributed by atoms with van der Waals surface area (Å²) in [6.07, 6.45) is 5.32. The number of ether oxygens (including phenoxy) is 1. The maximum Gasteiger partial charge on any atom is 0.267 e. The molecule has 1 aliphatic rings. The zero-order valence-electron chi connectivity index (χ0n) is 23.0. The molecule has 1 saturated heterocycles. The zero-order chi connectivity index (χ0) is 30.7. The molecular formula is C28H25F2N7O5S. The first-order chi connectivity index (χ1) is 20.6.